The molecular formula is C25H21ClO5. The number of hydrogen-bond donors (Lipinski definition) is 0. The van der Waals surface area contributed by atoms with Crippen LogP contribution in [0.1, 0.15) is 18.2 Å². The highest BCUT2D eigenvalue weighted by Gasteiger charge is 2.15. The van der Waals surface area contributed by atoms with E-state index < -0.39 is 0 Å². The number of halogens is 1. The molecule has 1 aromatic heterocycles. The van der Waals surface area contributed by atoms with Crippen LogP contribution in [0.5, 0.6) is 23.0 Å². The van der Waals surface area contributed by atoms with Gasteiger partial charge in [-0.2, -0.15) is 0 Å². The van der Waals surface area contributed by atoms with Crippen LogP contribution in [0, 0.1) is 6.92 Å². The zero-order chi connectivity index (χ0) is 21.8. The SMILES string of the molecule is CCOc1ccc(Oc2c(C)oc3cc(OCc4ccc(Cl)cc4)ccc3c2=O)cc1. The van der Waals surface area contributed by atoms with E-state index in [1.54, 1.807) is 49.4 Å². The minimum Gasteiger partial charge on any atom is -0.494 e. The lowest BCUT2D eigenvalue weighted by Crippen LogP contribution is -2.07. The average Bonchev–Trinajstić information content (AvgIpc) is 2.77. The maximum Gasteiger partial charge on any atom is 0.235 e. The van der Waals surface area contributed by atoms with Gasteiger partial charge in [0, 0.05) is 11.1 Å². The summed E-state index contributed by atoms with van der Waals surface area (Å²) in [6.45, 7) is 4.58. The molecule has 31 heavy (non-hydrogen) atoms. The van der Waals surface area contributed by atoms with Gasteiger partial charge in [0.1, 0.15) is 35.2 Å². The molecule has 1 heterocycles. The maximum atomic E-state index is 13.0. The molecule has 0 saturated carbocycles. The molecule has 3 aromatic carbocycles. The topological polar surface area (TPSA) is 57.9 Å². The highest BCUT2D eigenvalue weighted by atomic mass is 35.5. The van der Waals surface area contributed by atoms with Gasteiger partial charge in [0.05, 0.1) is 12.0 Å². The minimum absolute atomic E-state index is 0.159. The molecule has 4 rings (SSSR count). The van der Waals surface area contributed by atoms with Gasteiger partial charge in [0.25, 0.3) is 0 Å². The zero-order valence-electron chi connectivity index (χ0n) is 17.2. The Bertz CT molecular complexity index is 1240. The molecule has 0 fully saturated rings. The van der Waals surface area contributed by atoms with Gasteiger partial charge in [-0.25, -0.2) is 0 Å². The summed E-state index contributed by atoms with van der Waals surface area (Å²) in [5.74, 6) is 2.42. The molecule has 0 unspecified atom stereocenters. The number of benzene rings is 3. The summed E-state index contributed by atoms with van der Waals surface area (Å²) in [4.78, 5) is 13.0. The Morgan fingerprint density at radius 3 is 2.26 bits per heavy atom. The van der Waals surface area contributed by atoms with Gasteiger partial charge in [-0.15, -0.1) is 0 Å². The molecule has 5 nitrogen and oxygen atoms in total. The van der Waals surface area contributed by atoms with E-state index in [4.69, 9.17) is 30.2 Å². The Balaban J connectivity index is 1.56. The summed E-state index contributed by atoms with van der Waals surface area (Å²) in [6.07, 6.45) is 0. The van der Waals surface area contributed by atoms with Crippen LogP contribution in [0.25, 0.3) is 11.0 Å². The summed E-state index contributed by atoms with van der Waals surface area (Å²) in [5, 5.41) is 1.10. The number of ether oxygens (including phenoxy) is 3. The molecule has 0 saturated heterocycles. The highest BCUT2D eigenvalue weighted by molar-refractivity contribution is 6.30. The van der Waals surface area contributed by atoms with E-state index in [1.165, 1.54) is 0 Å². The van der Waals surface area contributed by atoms with Crippen LogP contribution in [-0.4, -0.2) is 6.61 Å². The average molecular weight is 437 g/mol. The predicted molar refractivity (Wildman–Crippen MR) is 121 cm³/mol. The Labute approximate surface area is 184 Å². The van der Waals surface area contributed by atoms with Crippen LogP contribution >= 0.6 is 11.6 Å². The molecule has 158 valence electrons. The second kappa shape index (κ2) is 9.14. The van der Waals surface area contributed by atoms with E-state index in [-0.39, 0.29) is 11.2 Å². The van der Waals surface area contributed by atoms with Crippen LogP contribution in [0.4, 0.5) is 0 Å². The molecule has 0 N–H and O–H groups in total. The standard InChI is InChI=1S/C25H21ClO5/c1-3-28-19-8-10-20(11-9-19)31-25-16(2)30-23-14-21(12-13-22(23)24(25)27)29-15-17-4-6-18(26)7-5-17/h4-14H,3,15H2,1-2H3. The van der Waals surface area contributed by atoms with E-state index in [0.717, 1.165) is 11.3 Å². The molecule has 0 amide bonds. The van der Waals surface area contributed by atoms with E-state index in [1.807, 2.05) is 31.2 Å². The smallest absolute Gasteiger partial charge is 0.235 e. The largest absolute Gasteiger partial charge is 0.494 e. The van der Waals surface area contributed by atoms with Crippen LogP contribution in [0.3, 0.4) is 0 Å². The predicted octanol–water partition coefficient (Wildman–Crippen LogP) is 6.52. The molecule has 0 atom stereocenters. The van der Waals surface area contributed by atoms with Gasteiger partial charge in [0.2, 0.25) is 11.2 Å². The first-order valence-corrected chi connectivity index (χ1v) is 10.3. The molecule has 0 aliphatic carbocycles. The zero-order valence-corrected chi connectivity index (χ0v) is 17.9. The summed E-state index contributed by atoms with van der Waals surface area (Å²) in [5.41, 5.74) is 1.19. The first kappa shape index (κ1) is 20.8. The summed E-state index contributed by atoms with van der Waals surface area (Å²) < 4.78 is 22.9. The van der Waals surface area contributed by atoms with Gasteiger partial charge in [-0.05, 0) is 67.9 Å². The fraction of sp³-hybridized carbons (Fsp3) is 0.160. The Morgan fingerprint density at radius 1 is 0.871 bits per heavy atom. The fourth-order valence-corrected chi connectivity index (χ4v) is 3.24. The lowest BCUT2D eigenvalue weighted by molar-refractivity contribution is 0.306. The van der Waals surface area contributed by atoms with Crippen molar-refractivity contribution in [2.24, 2.45) is 0 Å². The van der Waals surface area contributed by atoms with E-state index in [0.29, 0.717) is 46.5 Å². The second-order valence-corrected chi connectivity index (χ2v) is 7.33. The lowest BCUT2D eigenvalue weighted by atomic mass is 10.2. The van der Waals surface area contributed by atoms with Gasteiger partial charge in [-0.3, -0.25) is 4.79 Å². The molecular weight excluding hydrogens is 416 g/mol. The van der Waals surface area contributed by atoms with Crippen molar-refractivity contribution in [3.05, 3.63) is 93.3 Å². The van der Waals surface area contributed by atoms with Crippen LogP contribution in [-0.2, 0) is 6.61 Å². The number of fused-ring (bicyclic) bond motifs is 1. The van der Waals surface area contributed by atoms with Gasteiger partial charge in [0.15, 0.2) is 0 Å². The minimum atomic E-state index is -0.239. The highest BCUT2D eigenvalue weighted by Crippen LogP contribution is 2.28. The molecule has 0 bridgehead atoms. The fourth-order valence-electron chi connectivity index (χ4n) is 3.11. The van der Waals surface area contributed by atoms with Crippen molar-refractivity contribution in [1.29, 1.82) is 0 Å². The number of rotatable bonds is 7. The van der Waals surface area contributed by atoms with Crippen molar-refractivity contribution >= 4 is 22.6 Å². The van der Waals surface area contributed by atoms with Crippen molar-refractivity contribution in [1.82, 2.24) is 0 Å². The maximum absolute atomic E-state index is 13.0. The molecule has 0 spiro atoms. The molecule has 0 radical (unpaired) electrons. The summed E-state index contributed by atoms with van der Waals surface area (Å²) in [6, 6.07) is 19.7. The molecule has 0 aliphatic rings. The third-order valence-electron chi connectivity index (χ3n) is 4.66. The lowest BCUT2D eigenvalue weighted by Gasteiger charge is -2.11. The Kier molecular flexibility index (Phi) is 6.14. The third-order valence-corrected chi connectivity index (χ3v) is 4.91. The van der Waals surface area contributed by atoms with Crippen molar-refractivity contribution in [2.75, 3.05) is 6.61 Å². The number of aryl methyl sites for hydroxylation is 1. The van der Waals surface area contributed by atoms with Crippen LogP contribution < -0.4 is 19.6 Å². The van der Waals surface area contributed by atoms with Crippen LogP contribution in [0.2, 0.25) is 5.02 Å². The second-order valence-electron chi connectivity index (χ2n) is 6.90. The quantitative estimate of drug-likeness (QED) is 0.330. The van der Waals surface area contributed by atoms with Crippen molar-refractivity contribution in [3.8, 4) is 23.0 Å². The van der Waals surface area contributed by atoms with Gasteiger partial charge >= 0.3 is 0 Å². The molecule has 6 heteroatoms. The Hall–Kier alpha value is -3.44. The van der Waals surface area contributed by atoms with E-state index in [9.17, 15) is 4.79 Å². The summed E-state index contributed by atoms with van der Waals surface area (Å²) in [7, 11) is 0. The normalized spacial score (nSPS) is 10.8. The first-order chi connectivity index (χ1) is 15.0. The first-order valence-electron chi connectivity index (χ1n) is 9.89. The van der Waals surface area contributed by atoms with Crippen molar-refractivity contribution in [2.45, 2.75) is 20.5 Å². The van der Waals surface area contributed by atoms with Crippen LogP contribution in [0.15, 0.2) is 75.9 Å². The van der Waals surface area contributed by atoms with Gasteiger partial charge < -0.3 is 18.6 Å². The third kappa shape index (κ3) is 4.84. The molecule has 4 aromatic rings. The van der Waals surface area contributed by atoms with E-state index in [2.05, 4.69) is 0 Å². The Morgan fingerprint density at radius 2 is 1.55 bits per heavy atom. The monoisotopic (exact) mass is 436 g/mol. The molecule has 0 aliphatic heterocycles. The van der Waals surface area contributed by atoms with E-state index >= 15 is 0 Å². The summed E-state index contributed by atoms with van der Waals surface area (Å²) >= 11 is 5.91. The van der Waals surface area contributed by atoms with Crippen molar-refractivity contribution < 1.29 is 18.6 Å². The van der Waals surface area contributed by atoms with Gasteiger partial charge in [-0.1, -0.05) is 23.7 Å². The number of hydrogen-bond acceptors (Lipinski definition) is 5. The van der Waals surface area contributed by atoms with Crippen molar-refractivity contribution in [3.63, 3.8) is 0 Å².